The van der Waals surface area contributed by atoms with Gasteiger partial charge in [0.15, 0.2) is 0 Å². The summed E-state index contributed by atoms with van der Waals surface area (Å²) < 4.78 is 0. The largest absolute Gasteiger partial charge is 0.353 e. The molecule has 0 amide bonds. The summed E-state index contributed by atoms with van der Waals surface area (Å²) in [6, 6.07) is 2.81. The molecule has 0 saturated carbocycles. The highest BCUT2D eigenvalue weighted by Gasteiger charge is 2.23. The molecule has 19 heavy (non-hydrogen) atoms. The van der Waals surface area contributed by atoms with Gasteiger partial charge in [0.05, 0.1) is 0 Å². The topological polar surface area (TPSA) is 41.0 Å². The Kier molecular flexibility index (Phi) is 5.58. The van der Waals surface area contributed by atoms with Gasteiger partial charge in [0, 0.05) is 24.3 Å². The molecule has 1 aromatic rings. The molecule has 1 aromatic heterocycles. The van der Waals surface area contributed by atoms with Gasteiger partial charge in [-0.3, -0.25) is 0 Å². The van der Waals surface area contributed by atoms with Gasteiger partial charge in [0.2, 0.25) is 0 Å². The number of rotatable bonds is 6. The van der Waals surface area contributed by atoms with Gasteiger partial charge in [-0.05, 0) is 45.7 Å². The van der Waals surface area contributed by atoms with Crippen LogP contribution in [0.5, 0.6) is 0 Å². The Balaban J connectivity index is 2.09. The van der Waals surface area contributed by atoms with Crippen molar-refractivity contribution in [1.82, 2.24) is 15.3 Å². The molecule has 0 aliphatic carbocycles. The number of anilines is 1. The third kappa shape index (κ3) is 3.90. The molecule has 1 fully saturated rings. The van der Waals surface area contributed by atoms with Crippen molar-refractivity contribution in [3.63, 3.8) is 0 Å². The summed E-state index contributed by atoms with van der Waals surface area (Å²) in [6.45, 7) is 4.41. The Bertz CT molecular complexity index is 380. The fraction of sp³-hybridized carbons (Fsp3) is 0.733. The lowest BCUT2D eigenvalue weighted by Crippen LogP contribution is -2.41. The van der Waals surface area contributed by atoms with Gasteiger partial charge in [-0.15, -0.1) is 0 Å². The highest BCUT2D eigenvalue weighted by atomic mass is 15.2. The van der Waals surface area contributed by atoms with E-state index in [9.17, 15) is 0 Å². The molecule has 1 atom stereocenters. The van der Waals surface area contributed by atoms with Crippen LogP contribution in [0.15, 0.2) is 12.4 Å². The Hall–Kier alpha value is -1.16. The van der Waals surface area contributed by atoms with Crippen LogP contribution in [0.2, 0.25) is 0 Å². The molecule has 1 unspecified atom stereocenters. The normalized spacial score (nSPS) is 19.7. The molecule has 1 N–H and O–H groups in total. The monoisotopic (exact) mass is 262 g/mol. The quantitative estimate of drug-likeness (QED) is 0.854. The van der Waals surface area contributed by atoms with Crippen LogP contribution >= 0.6 is 0 Å². The minimum absolute atomic E-state index is 0.630. The maximum Gasteiger partial charge on any atom is 0.132 e. The third-order valence-corrected chi connectivity index (χ3v) is 3.86. The summed E-state index contributed by atoms with van der Waals surface area (Å²) in [6.07, 6.45) is 9.02. The van der Waals surface area contributed by atoms with Crippen LogP contribution in [-0.4, -0.2) is 36.1 Å². The van der Waals surface area contributed by atoms with Gasteiger partial charge in [-0.25, -0.2) is 9.97 Å². The van der Waals surface area contributed by atoms with Crippen molar-refractivity contribution in [3.8, 4) is 0 Å². The van der Waals surface area contributed by atoms with Crippen LogP contribution in [0.1, 0.15) is 44.7 Å². The summed E-state index contributed by atoms with van der Waals surface area (Å²) >= 11 is 0. The van der Waals surface area contributed by atoms with Crippen molar-refractivity contribution in [2.24, 2.45) is 0 Å². The Morgan fingerprint density at radius 1 is 1.37 bits per heavy atom. The average Bonchev–Trinajstić information content (AvgIpc) is 2.46. The minimum atomic E-state index is 0.630. The van der Waals surface area contributed by atoms with E-state index in [2.05, 4.69) is 33.2 Å². The Labute approximate surface area is 116 Å². The first kappa shape index (κ1) is 14.3. The number of nitrogens with zero attached hydrogens (tertiary/aromatic N) is 3. The van der Waals surface area contributed by atoms with Gasteiger partial charge in [0.25, 0.3) is 0 Å². The molecule has 106 valence electrons. The molecule has 0 radical (unpaired) electrons. The summed E-state index contributed by atoms with van der Waals surface area (Å²) in [4.78, 5) is 11.3. The zero-order valence-electron chi connectivity index (χ0n) is 12.2. The van der Waals surface area contributed by atoms with Gasteiger partial charge >= 0.3 is 0 Å². The van der Waals surface area contributed by atoms with E-state index in [-0.39, 0.29) is 0 Å². The molecule has 1 aliphatic heterocycles. The number of aromatic nitrogens is 2. The van der Waals surface area contributed by atoms with E-state index in [0.29, 0.717) is 6.04 Å². The van der Waals surface area contributed by atoms with Crippen LogP contribution in [0.3, 0.4) is 0 Å². The van der Waals surface area contributed by atoms with Crippen LogP contribution < -0.4 is 10.2 Å². The SMILES string of the molecule is CCCc1cc(N2CCCCC2CCNC)ncn1. The Morgan fingerprint density at radius 3 is 3.05 bits per heavy atom. The van der Waals surface area contributed by atoms with E-state index in [1.165, 1.54) is 31.4 Å². The van der Waals surface area contributed by atoms with Crippen molar-refractivity contribution in [1.29, 1.82) is 0 Å². The maximum atomic E-state index is 4.50. The zero-order valence-corrected chi connectivity index (χ0v) is 12.2. The van der Waals surface area contributed by atoms with Gasteiger partial charge in [0.1, 0.15) is 12.1 Å². The number of hydrogen-bond donors (Lipinski definition) is 1. The second-order valence-corrected chi connectivity index (χ2v) is 5.35. The first-order valence-electron chi connectivity index (χ1n) is 7.57. The molecule has 1 aliphatic rings. The van der Waals surface area contributed by atoms with E-state index in [4.69, 9.17) is 0 Å². The second-order valence-electron chi connectivity index (χ2n) is 5.35. The minimum Gasteiger partial charge on any atom is -0.353 e. The first-order valence-corrected chi connectivity index (χ1v) is 7.57. The molecular weight excluding hydrogens is 236 g/mol. The van der Waals surface area contributed by atoms with Crippen LogP contribution in [-0.2, 0) is 6.42 Å². The molecule has 2 heterocycles. The highest BCUT2D eigenvalue weighted by molar-refractivity contribution is 5.40. The third-order valence-electron chi connectivity index (χ3n) is 3.86. The average molecular weight is 262 g/mol. The predicted molar refractivity (Wildman–Crippen MR) is 79.6 cm³/mol. The summed E-state index contributed by atoms with van der Waals surface area (Å²) in [5.74, 6) is 1.12. The summed E-state index contributed by atoms with van der Waals surface area (Å²) in [5, 5.41) is 3.26. The lowest BCUT2D eigenvalue weighted by molar-refractivity contribution is 0.430. The Morgan fingerprint density at radius 2 is 2.26 bits per heavy atom. The standard InChI is InChI=1S/C15H26N4/c1-3-6-13-11-15(18-12-17-13)19-10-5-4-7-14(19)8-9-16-2/h11-12,14,16H,3-10H2,1-2H3. The molecule has 0 spiro atoms. The van der Waals surface area contributed by atoms with Crippen molar-refractivity contribution in [3.05, 3.63) is 18.1 Å². The molecule has 4 heteroatoms. The van der Waals surface area contributed by atoms with Crippen molar-refractivity contribution < 1.29 is 0 Å². The molecule has 0 bridgehead atoms. The number of aryl methyl sites for hydroxylation is 1. The number of hydrogen-bond acceptors (Lipinski definition) is 4. The lowest BCUT2D eigenvalue weighted by Gasteiger charge is -2.36. The van der Waals surface area contributed by atoms with Crippen molar-refractivity contribution in [2.45, 2.75) is 51.5 Å². The highest BCUT2D eigenvalue weighted by Crippen LogP contribution is 2.25. The molecule has 0 aromatic carbocycles. The fourth-order valence-electron chi connectivity index (χ4n) is 2.85. The van der Waals surface area contributed by atoms with Crippen molar-refractivity contribution in [2.75, 3.05) is 25.0 Å². The van der Waals surface area contributed by atoms with Crippen LogP contribution in [0, 0.1) is 0 Å². The van der Waals surface area contributed by atoms with E-state index < -0.39 is 0 Å². The van der Waals surface area contributed by atoms with Gasteiger partial charge in [-0.1, -0.05) is 13.3 Å². The maximum absolute atomic E-state index is 4.50. The smallest absolute Gasteiger partial charge is 0.132 e. The second kappa shape index (κ2) is 7.43. The summed E-state index contributed by atoms with van der Waals surface area (Å²) in [5.41, 5.74) is 1.17. The van der Waals surface area contributed by atoms with Crippen molar-refractivity contribution >= 4 is 5.82 Å². The molecule has 2 rings (SSSR count). The van der Waals surface area contributed by atoms with E-state index in [1.807, 2.05) is 7.05 Å². The van der Waals surface area contributed by atoms with Crippen LogP contribution in [0.25, 0.3) is 0 Å². The first-order chi connectivity index (χ1) is 9.35. The number of nitrogens with one attached hydrogen (secondary N) is 1. The van der Waals surface area contributed by atoms with Crippen LogP contribution in [0.4, 0.5) is 5.82 Å². The van der Waals surface area contributed by atoms with E-state index >= 15 is 0 Å². The number of piperidine rings is 1. The molecule has 1 saturated heterocycles. The summed E-state index contributed by atoms with van der Waals surface area (Å²) in [7, 11) is 2.03. The lowest BCUT2D eigenvalue weighted by atomic mass is 9.99. The fourth-order valence-corrected chi connectivity index (χ4v) is 2.85. The van der Waals surface area contributed by atoms with Gasteiger partial charge < -0.3 is 10.2 Å². The zero-order chi connectivity index (χ0) is 13.5. The molecule has 4 nitrogen and oxygen atoms in total. The van der Waals surface area contributed by atoms with E-state index in [1.54, 1.807) is 6.33 Å². The van der Waals surface area contributed by atoms with Gasteiger partial charge in [-0.2, -0.15) is 0 Å². The van der Waals surface area contributed by atoms with E-state index in [0.717, 1.165) is 31.7 Å². The predicted octanol–water partition coefficient (Wildman–Crippen LogP) is 2.40. The molecular formula is C15H26N4.